The third-order valence-corrected chi connectivity index (χ3v) is 5.45. The van der Waals surface area contributed by atoms with Gasteiger partial charge in [-0.2, -0.15) is 0 Å². The van der Waals surface area contributed by atoms with Gasteiger partial charge in [-0.15, -0.1) is 0 Å². The first-order chi connectivity index (χ1) is 12.9. The Morgan fingerprint density at radius 1 is 0.962 bits per heavy atom. The molecule has 130 valence electrons. The van der Waals surface area contributed by atoms with Crippen molar-refractivity contribution in [2.24, 2.45) is 5.92 Å². The molecular weight excluding hydrogens is 322 g/mol. The summed E-state index contributed by atoms with van der Waals surface area (Å²) in [6.45, 7) is 1.68. The number of ether oxygens (including phenoxy) is 1. The lowest BCUT2D eigenvalue weighted by atomic mass is 9.79. The fraction of sp³-hybridized carbons (Fsp3) is 0.273. The van der Waals surface area contributed by atoms with Crippen LogP contribution >= 0.6 is 0 Å². The molecule has 0 saturated carbocycles. The van der Waals surface area contributed by atoms with E-state index < -0.39 is 0 Å². The average molecular weight is 343 g/mol. The molecule has 1 N–H and O–H groups in total. The molecule has 0 radical (unpaired) electrons. The topological polar surface area (TPSA) is 50.8 Å². The SMILES string of the molecule is c1ccc(C(c2ccc3[nH]c4ncccc4c3n2)C2CCOCC2)cc1. The molecule has 1 fully saturated rings. The summed E-state index contributed by atoms with van der Waals surface area (Å²) in [6.07, 6.45) is 3.97. The number of pyridine rings is 2. The van der Waals surface area contributed by atoms with Crippen molar-refractivity contribution in [3.05, 3.63) is 72.1 Å². The minimum atomic E-state index is 0.297. The highest BCUT2D eigenvalue weighted by Crippen LogP contribution is 2.37. The van der Waals surface area contributed by atoms with Gasteiger partial charge in [0.25, 0.3) is 0 Å². The lowest BCUT2D eigenvalue weighted by molar-refractivity contribution is 0.0613. The molecule has 0 spiro atoms. The number of H-pyrrole nitrogens is 1. The van der Waals surface area contributed by atoms with Crippen LogP contribution in [0, 0.1) is 5.92 Å². The summed E-state index contributed by atoms with van der Waals surface area (Å²) in [4.78, 5) is 12.9. The molecule has 1 saturated heterocycles. The molecule has 1 atom stereocenters. The summed E-state index contributed by atoms with van der Waals surface area (Å²) in [5.41, 5.74) is 5.43. The second-order valence-corrected chi connectivity index (χ2v) is 7.00. The quantitative estimate of drug-likeness (QED) is 0.588. The Morgan fingerprint density at radius 2 is 1.81 bits per heavy atom. The van der Waals surface area contributed by atoms with Gasteiger partial charge >= 0.3 is 0 Å². The van der Waals surface area contributed by atoms with Crippen molar-refractivity contribution in [3.8, 4) is 0 Å². The molecular formula is C22H21N3O. The van der Waals surface area contributed by atoms with Gasteiger partial charge in [0.05, 0.1) is 11.0 Å². The van der Waals surface area contributed by atoms with E-state index in [0.717, 1.165) is 53.8 Å². The van der Waals surface area contributed by atoms with Crippen molar-refractivity contribution < 1.29 is 4.74 Å². The zero-order valence-corrected chi connectivity index (χ0v) is 14.6. The molecule has 4 aromatic rings. The van der Waals surface area contributed by atoms with Crippen LogP contribution in [0.1, 0.15) is 30.0 Å². The fourth-order valence-electron chi connectivity index (χ4n) is 4.17. The predicted octanol–water partition coefficient (Wildman–Crippen LogP) is 4.67. The fourth-order valence-corrected chi connectivity index (χ4v) is 4.17. The number of aromatic amines is 1. The van der Waals surface area contributed by atoms with E-state index in [1.54, 1.807) is 0 Å². The average Bonchev–Trinajstić information content (AvgIpc) is 3.08. The van der Waals surface area contributed by atoms with E-state index in [1.807, 2.05) is 12.3 Å². The van der Waals surface area contributed by atoms with Crippen molar-refractivity contribution in [1.82, 2.24) is 15.0 Å². The molecule has 0 bridgehead atoms. The van der Waals surface area contributed by atoms with Gasteiger partial charge in [0.15, 0.2) is 0 Å². The third-order valence-electron chi connectivity index (χ3n) is 5.45. The predicted molar refractivity (Wildman–Crippen MR) is 103 cm³/mol. The monoisotopic (exact) mass is 343 g/mol. The highest BCUT2D eigenvalue weighted by atomic mass is 16.5. The standard InChI is InChI=1S/C22H21N3O/c1-2-5-15(6-3-1)20(16-10-13-26-14-11-16)18-8-9-19-21(24-18)17-7-4-12-23-22(17)25-19/h1-9,12,16,20H,10-11,13-14H2,(H,23,25). The minimum Gasteiger partial charge on any atom is -0.381 e. The van der Waals surface area contributed by atoms with E-state index >= 15 is 0 Å². The van der Waals surface area contributed by atoms with Crippen molar-refractivity contribution in [3.63, 3.8) is 0 Å². The number of rotatable bonds is 3. The molecule has 3 aromatic heterocycles. The molecule has 26 heavy (non-hydrogen) atoms. The van der Waals surface area contributed by atoms with Gasteiger partial charge in [0.1, 0.15) is 5.65 Å². The molecule has 0 aliphatic carbocycles. The molecule has 1 unspecified atom stereocenters. The van der Waals surface area contributed by atoms with Gasteiger partial charge in [0, 0.05) is 36.4 Å². The van der Waals surface area contributed by atoms with Crippen LogP contribution in [0.5, 0.6) is 0 Å². The maximum absolute atomic E-state index is 5.60. The number of aromatic nitrogens is 3. The van der Waals surface area contributed by atoms with Crippen molar-refractivity contribution in [1.29, 1.82) is 0 Å². The van der Waals surface area contributed by atoms with Crippen LogP contribution in [-0.4, -0.2) is 28.2 Å². The Labute approximate surface area is 152 Å². The molecule has 4 nitrogen and oxygen atoms in total. The van der Waals surface area contributed by atoms with E-state index in [-0.39, 0.29) is 0 Å². The molecule has 1 aliphatic rings. The summed E-state index contributed by atoms with van der Waals surface area (Å²) in [5.74, 6) is 0.852. The Kier molecular flexibility index (Phi) is 3.91. The number of hydrogen-bond donors (Lipinski definition) is 1. The van der Waals surface area contributed by atoms with E-state index in [9.17, 15) is 0 Å². The van der Waals surface area contributed by atoms with Gasteiger partial charge in [-0.3, -0.25) is 0 Å². The van der Waals surface area contributed by atoms with Crippen molar-refractivity contribution >= 4 is 22.1 Å². The largest absolute Gasteiger partial charge is 0.381 e. The molecule has 1 aliphatic heterocycles. The second-order valence-electron chi connectivity index (χ2n) is 7.00. The molecule has 5 rings (SSSR count). The maximum Gasteiger partial charge on any atom is 0.139 e. The van der Waals surface area contributed by atoms with E-state index in [0.29, 0.717) is 11.8 Å². The zero-order valence-electron chi connectivity index (χ0n) is 14.6. The highest BCUT2D eigenvalue weighted by molar-refractivity contribution is 6.03. The van der Waals surface area contributed by atoms with Crippen LogP contribution in [0.15, 0.2) is 60.8 Å². The van der Waals surface area contributed by atoms with E-state index in [4.69, 9.17) is 9.72 Å². The Hall–Kier alpha value is -2.72. The summed E-state index contributed by atoms with van der Waals surface area (Å²) >= 11 is 0. The molecule has 4 heteroatoms. The third kappa shape index (κ3) is 2.67. The number of nitrogens with zero attached hydrogens (tertiary/aromatic N) is 2. The van der Waals surface area contributed by atoms with Gasteiger partial charge in [-0.1, -0.05) is 30.3 Å². The number of hydrogen-bond acceptors (Lipinski definition) is 3. The number of nitrogens with one attached hydrogen (secondary N) is 1. The van der Waals surface area contributed by atoms with Crippen LogP contribution in [0.3, 0.4) is 0 Å². The first kappa shape index (κ1) is 15.5. The van der Waals surface area contributed by atoms with Crippen molar-refractivity contribution in [2.75, 3.05) is 13.2 Å². The molecule has 4 heterocycles. The maximum atomic E-state index is 5.60. The summed E-state index contributed by atoms with van der Waals surface area (Å²) in [6, 6.07) is 19.1. The molecule has 0 amide bonds. The first-order valence-electron chi connectivity index (χ1n) is 9.26. The van der Waals surface area contributed by atoms with Crippen LogP contribution in [-0.2, 0) is 4.74 Å². The van der Waals surface area contributed by atoms with Crippen molar-refractivity contribution in [2.45, 2.75) is 18.8 Å². The van der Waals surface area contributed by atoms with Crippen LogP contribution in [0.25, 0.3) is 22.1 Å². The van der Waals surface area contributed by atoms with Gasteiger partial charge < -0.3 is 9.72 Å². The van der Waals surface area contributed by atoms with Crippen LogP contribution in [0.2, 0.25) is 0 Å². The lowest BCUT2D eigenvalue weighted by Gasteiger charge is -2.30. The van der Waals surface area contributed by atoms with Gasteiger partial charge in [0.2, 0.25) is 0 Å². The Balaban J connectivity index is 1.66. The lowest BCUT2D eigenvalue weighted by Crippen LogP contribution is -2.23. The van der Waals surface area contributed by atoms with Gasteiger partial charge in [-0.25, -0.2) is 9.97 Å². The zero-order chi connectivity index (χ0) is 17.3. The summed E-state index contributed by atoms with van der Waals surface area (Å²) in [7, 11) is 0. The number of benzene rings is 1. The highest BCUT2D eigenvalue weighted by Gasteiger charge is 2.28. The summed E-state index contributed by atoms with van der Waals surface area (Å²) < 4.78 is 5.60. The van der Waals surface area contributed by atoms with Gasteiger partial charge in [-0.05, 0) is 48.6 Å². The first-order valence-corrected chi connectivity index (χ1v) is 9.26. The van der Waals surface area contributed by atoms with E-state index in [1.165, 1.54) is 5.56 Å². The second kappa shape index (κ2) is 6.54. The number of fused-ring (bicyclic) bond motifs is 3. The minimum absolute atomic E-state index is 0.297. The molecule has 1 aromatic carbocycles. The van der Waals surface area contributed by atoms with E-state index in [2.05, 4.69) is 58.5 Å². The smallest absolute Gasteiger partial charge is 0.139 e. The Morgan fingerprint density at radius 3 is 2.65 bits per heavy atom. The van der Waals surface area contributed by atoms with Crippen LogP contribution < -0.4 is 0 Å². The van der Waals surface area contributed by atoms with Crippen LogP contribution in [0.4, 0.5) is 0 Å². The Bertz CT molecular complexity index is 1040. The normalized spacial score (nSPS) is 16.9. The summed E-state index contributed by atoms with van der Waals surface area (Å²) in [5, 5.41) is 1.09.